The predicted octanol–water partition coefficient (Wildman–Crippen LogP) is 3.44. The van der Waals surface area contributed by atoms with Crippen LogP contribution in [0.3, 0.4) is 0 Å². The van der Waals surface area contributed by atoms with Crippen molar-refractivity contribution in [3.8, 4) is 0 Å². The van der Waals surface area contributed by atoms with Crippen molar-refractivity contribution < 1.29 is 19.4 Å². The van der Waals surface area contributed by atoms with Crippen molar-refractivity contribution in [3.63, 3.8) is 0 Å². The first-order chi connectivity index (χ1) is 12.2. The standard InChI is InChI=1S/C20H30N2O4/c1-13-16(14(2)23)17(25-6)21-18(20(3,4)5)22(13)19(24)26-12-15-10-8-7-9-11-15/h7-11,13-14,16,18,23H,12H2,1-6H3/t13-,14+,16+,18+/m0/s1. The molecule has 1 N–H and O–H groups in total. The Hall–Kier alpha value is -2.08. The fourth-order valence-electron chi connectivity index (χ4n) is 3.34. The lowest BCUT2D eigenvalue weighted by Crippen LogP contribution is -2.60. The summed E-state index contributed by atoms with van der Waals surface area (Å²) < 4.78 is 11.0. The van der Waals surface area contributed by atoms with Gasteiger partial charge in [-0.05, 0) is 19.4 Å². The number of rotatable bonds is 3. The molecule has 4 atom stereocenters. The fraction of sp³-hybridized carbons (Fsp3) is 0.600. The minimum absolute atomic E-state index is 0.194. The molecule has 0 aliphatic carbocycles. The molecule has 6 heteroatoms. The molecule has 0 spiro atoms. The van der Waals surface area contributed by atoms with Crippen molar-refractivity contribution in [1.82, 2.24) is 4.90 Å². The van der Waals surface area contributed by atoms with Crippen molar-refractivity contribution in [2.45, 2.75) is 59.5 Å². The zero-order chi connectivity index (χ0) is 19.5. The number of hydrogen-bond donors (Lipinski definition) is 1. The van der Waals surface area contributed by atoms with Crippen LogP contribution in [0.1, 0.15) is 40.2 Å². The van der Waals surface area contributed by atoms with Crippen molar-refractivity contribution in [2.24, 2.45) is 16.3 Å². The van der Waals surface area contributed by atoms with Gasteiger partial charge >= 0.3 is 6.09 Å². The van der Waals surface area contributed by atoms with E-state index in [9.17, 15) is 9.90 Å². The third-order valence-electron chi connectivity index (χ3n) is 4.68. The Morgan fingerprint density at radius 2 is 1.92 bits per heavy atom. The van der Waals surface area contributed by atoms with Crippen LogP contribution in [-0.4, -0.2) is 47.4 Å². The molecule has 0 fully saturated rings. The second-order valence-corrected chi connectivity index (χ2v) is 7.87. The van der Waals surface area contributed by atoms with E-state index in [-0.39, 0.29) is 18.1 Å². The first-order valence-electron chi connectivity index (χ1n) is 8.95. The topological polar surface area (TPSA) is 71.4 Å². The molecule has 1 heterocycles. The average Bonchev–Trinajstić information content (AvgIpc) is 2.58. The molecule has 0 saturated heterocycles. The number of ether oxygens (including phenoxy) is 2. The lowest BCUT2D eigenvalue weighted by molar-refractivity contribution is -0.00336. The minimum atomic E-state index is -0.700. The number of hydrogen-bond acceptors (Lipinski definition) is 5. The highest BCUT2D eigenvalue weighted by Crippen LogP contribution is 2.35. The van der Waals surface area contributed by atoms with Gasteiger partial charge in [-0.2, -0.15) is 0 Å². The number of aliphatic hydroxyl groups is 1. The highest BCUT2D eigenvalue weighted by atomic mass is 16.6. The number of carbonyl (C=O) groups excluding carboxylic acids is 1. The van der Waals surface area contributed by atoms with E-state index in [2.05, 4.69) is 4.99 Å². The van der Waals surface area contributed by atoms with Gasteiger partial charge in [-0.15, -0.1) is 0 Å². The molecule has 26 heavy (non-hydrogen) atoms. The van der Waals surface area contributed by atoms with Crippen molar-refractivity contribution in [1.29, 1.82) is 0 Å². The molecule has 0 saturated carbocycles. The summed E-state index contributed by atoms with van der Waals surface area (Å²) >= 11 is 0. The van der Waals surface area contributed by atoms with Crippen LogP contribution in [0.15, 0.2) is 35.3 Å². The third-order valence-corrected chi connectivity index (χ3v) is 4.68. The zero-order valence-electron chi connectivity index (χ0n) is 16.5. The van der Waals surface area contributed by atoms with Gasteiger partial charge in [0.2, 0.25) is 0 Å². The molecule has 1 aliphatic heterocycles. The maximum atomic E-state index is 12.9. The molecule has 2 rings (SSSR count). The number of amides is 1. The van der Waals surface area contributed by atoms with E-state index in [1.54, 1.807) is 18.9 Å². The summed E-state index contributed by atoms with van der Waals surface area (Å²) in [5, 5.41) is 10.2. The quantitative estimate of drug-likeness (QED) is 0.894. The van der Waals surface area contributed by atoms with Gasteiger partial charge in [-0.1, -0.05) is 51.1 Å². The molecule has 6 nitrogen and oxygen atoms in total. The van der Waals surface area contributed by atoms with Crippen molar-refractivity contribution in [2.75, 3.05) is 7.11 Å². The maximum Gasteiger partial charge on any atom is 0.412 e. The van der Waals surface area contributed by atoms with Gasteiger partial charge in [0.1, 0.15) is 12.8 Å². The molecule has 0 unspecified atom stereocenters. The van der Waals surface area contributed by atoms with E-state index < -0.39 is 24.3 Å². The number of aliphatic hydroxyl groups excluding tert-OH is 1. The SMILES string of the molecule is COC1=N[C@@H](C(C)(C)C)N(C(=O)OCc2ccccc2)[C@@H](C)[C@@H]1[C@@H](C)O. The fourth-order valence-corrected chi connectivity index (χ4v) is 3.34. The lowest BCUT2D eigenvalue weighted by Gasteiger charge is -2.46. The Bertz CT molecular complexity index is 637. The van der Waals surface area contributed by atoms with E-state index in [4.69, 9.17) is 9.47 Å². The van der Waals surface area contributed by atoms with Gasteiger partial charge in [0.25, 0.3) is 0 Å². The molecule has 1 aromatic carbocycles. The molecule has 1 aromatic rings. The smallest absolute Gasteiger partial charge is 0.412 e. The summed E-state index contributed by atoms with van der Waals surface area (Å²) in [6, 6.07) is 9.24. The van der Waals surface area contributed by atoms with Crippen LogP contribution in [0.2, 0.25) is 0 Å². The first kappa shape index (κ1) is 20.2. The Kier molecular flexibility index (Phi) is 6.29. The zero-order valence-corrected chi connectivity index (χ0v) is 16.5. The number of aliphatic imine (C=N–C) groups is 1. The average molecular weight is 362 g/mol. The summed E-state index contributed by atoms with van der Waals surface area (Å²) in [5.74, 6) is 0.0717. The molecule has 144 valence electrons. The third kappa shape index (κ3) is 4.36. The van der Waals surface area contributed by atoms with Crippen molar-refractivity contribution >= 4 is 12.0 Å². The molecule has 1 amide bonds. The van der Waals surface area contributed by atoms with Gasteiger partial charge < -0.3 is 14.6 Å². The van der Waals surface area contributed by atoms with Crippen LogP contribution in [0, 0.1) is 11.3 Å². The summed E-state index contributed by atoms with van der Waals surface area (Å²) in [6.45, 7) is 9.82. The molecular weight excluding hydrogens is 332 g/mol. The van der Waals surface area contributed by atoms with Gasteiger partial charge in [0, 0.05) is 11.5 Å². The lowest BCUT2D eigenvalue weighted by atomic mass is 9.85. The molecule has 0 aromatic heterocycles. The predicted molar refractivity (Wildman–Crippen MR) is 101 cm³/mol. The van der Waals surface area contributed by atoms with Crippen LogP contribution in [0.25, 0.3) is 0 Å². The van der Waals surface area contributed by atoms with Crippen LogP contribution in [-0.2, 0) is 16.1 Å². The van der Waals surface area contributed by atoms with E-state index in [0.29, 0.717) is 5.90 Å². The van der Waals surface area contributed by atoms with Gasteiger partial charge in [0.05, 0.1) is 19.1 Å². The van der Waals surface area contributed by atoms with Crippen LogP contribution >= 0.6 is 0 Å². The normalized spacial score (nSPS) is 24.7. The number of nitrogens with zero attached hydrogens (tertiary/aromatic N) is 2. The first-order valence-corrected chi connectivity index (χ1v) is 8.95. The molecular formula is C20H30N2O4. The number of methoxy groups -OCH3 is 1. The van der Waals surface area contributed by atoms with E-state index in [0.717, 1.165) is 5.56 Å². The molecule has 0 radical (unpaired) electrons. The van der Waals surface area contributed by atoms with E-state index in [1.165, 1.54) is 0 Å². The second kappa shape index (κ2) is 8.08. The van der Waals surface area contributed by atoms with Crippen LogP contribution in [0.5, 0.6) is 0 Å². The largest absolute Gasteiger partial charge is 0.484 e. The highest BCUT2D eigenvalue weighted by Gasteiger charge is 2.47. The molecule has 0 bridgehead atoms. The number of carbonyl (C=O) groups is 1. The van der Waals surface area contributed by atoms with Crippen LogP contribution in [0.4, 0.5) is 4.79 Å². The summed E-state index contributed by atoms with van der Waals surface area (Å²) in [4.78, 5) is 19.2. The maximum absolute atomic E-state index is 12.9. The Balaban J connectivity index is 2.29. The summed E-state index contributed by atoms with van der Waals surface area (Å²) in [7, 11) is 1.55. The van der Waals surface area contributed by atoms with Gasteiger partial charge in [-0.3, -0.25) is 4.90 Å². The van der Waals surface area contributed by atoms with Crippen LogP contribution < -0.4 is 0 Å². The second-order valence-electron chi connectivity index (χ2n) is 7.87. The molecule has 1 aliphatic rings. The Labute approximate surface area is 155 Å². The van der Waals surface area contributed by atoms with E-state index >= 15 is 0 Å². The Morgan fingerprint density at radius 1 is 1.31 bits per heavy atom. The number of benzene rings is 1. The van der Waals surface area contributed by atoms with Gasteiger partial charge in [-0.25, -0.2) is 9.79 Å². The summed E-state index contributed by atoms with van der Waals surface area (Å²) in [5.41, 5.74) is 0.610. The van der Waals surface area contributed by atoms with Crippen molar-refractivity contribution in [3.05, 3.63) is 35.9 Å². The monoisotopic (exact) mass is 362 g/mol. The summed E-state index contributed by atoms with van der Waals surface area (Å²) in [6.07, 6.45) is -1.58. The van der Waals surface area contributed by atoms with Gasteiger partial charge in [0.15, 0.2) is 5.90 Å². The minimum Gasteiger partial charge on any atom is -0.484 e. The van der Waals surface area contributed by atoms with E-state index in [1.807, 2.05) is 58.0 Å². The highest BCUT2D eigenvalue weighted by molar-refractivity contribution is 5.83. The Morgan fingerprint density at radius 3 is 2.42 bits per heavy atom.